The Hall–Kier alpha value is -0.590. The minimum Gasteiger partial charge on any atom is -0.349 e. The number of rotatable bonds is 3. The molecule has 0 heterocycles. The van der Waals surface area contributed by atoms with Gasteiger partial charge in [-0.15, -0.1) is 0 Å². The average Bonchev–Trinajstić information content (AvgIpc) is 2.21. The molecular formula is C11H11BrClNO3S. The zero-order valence-corrected chi connectivity index (χ0v) is 12.5. The molecule has 0 bridgehead atoms. The Bertz CT molecular complexity index is 584. The zero-order valence-electron chi connectivity index (χ0n) is 9.32. The van der Waals surface area contributed by atoms with E-state index in [1.165, 1.54) is 12.1 Å². The molecular weight excluding hydrogens is 342 g/mol. The molecule has 0 atom stereocenters. The van der Waals surface area contributed by atoms with Crippen LogP contribution in [0.25, 0.3) is 0 Å². The van der Waals surface area contributed by atoms with Crippen LogP contribution in [0.5, 0.6) is 0 Å². The van der Waals surface area contributed by atoms with Crippen LogP contribution in [-0.2, 0) is 9.05 Å². The molecule has 2 rings (SSSR count). The van der Waals surface area contributed by atoms with Crippen LogP contribution < -0.4 is 5.32 Å². The summed E-state index contributed by atoms with van der Waals surface area (Å²) in [6.45, 7) is 0. The summed E-state index contributed by atoms with van der Waals surface area (Å²) >= 11 is 3.17. The van der Waals surface area contributed by atoms with E-state index in [1.54, 1.807) is 6.07 Å². The summed E-state index contributed by atoms with van der Waals surface area (Å²) in [5.41, 5.74) is 0.288. The first kappa shape index (κ1) is 13.8. The highest BCUT2D eigenvalue weighted by atomic mass is 79.9. The van der Waals surface area contributed by atoms with E-state index >= 15 is 0 Å². The average molecular weight is 353 g/mol. The first-order valence-electron chi connectivity index (χ1n) is 5.42. The van der Waals surface area contributed by atoms with Gasteiger partial charge >= 0.3 is 0 Å². The molecule has 18 heavy (non-hydrogen) atoms. The molecule has 4 nitrogen and oxygen atoms in total. The third-order valence-electron chi connectivity index (χ3n) is 2.86. The van der Waals surface area contributed by atoms with Gasteiger partial charge in [0.1, 0.15) is 0 Å². The van der Waals surface area contributed by atoms with Gasteiger partial charge in [0, 0.05) is 26.8 Å². The Balaban J connectivity index is 2.27. The molecule has 0 radical (unpaired) electrons. The minimum atomic E-state index is -3.84. The summed E-state index contributed by atoms with van der Waals surface area (Å²) < 4.78 is 23.0. The normalized spacial score (nSPS) is 16.1. The summed E-state index contributed by atoms with van der Waals surface area (Å²) in [5.74, 6) is -0.275. The van der Waals surface area contributed by atoms with E-state index in [0.717, 1.165) is 19.3 Å². The molecule has 98 valence electrons. The molecule has 1 N–H and O–H groups in total. The molecule has 1 aromatic rings. The lowest BCUT2D eigenvalue weighted by Crippen LogP contribution is -2.39. The van der Waals surface area contributed by atoms with E-state index in [9.17, 15) is 13.2 Å². The Morgan fingerprint density at radius 1 is 1.33 bits per heavy atom. The highest BCUT2D eigenvalue weighted by molar-refractivity contribution is 9.10. The van der Waals surface area contributed by atoms with Crippen LogP contribution in [0.2, 0.25) is 0 Å². The van der Waals surface area contributed by atoms with Crippen LogP contribution in [0.3, 0.4) is 0 Å². The van der Waals surface area contributed by atoms with Crippen molar-refractivity contribution in [2.75, 3.05) is 0 Å². The van der Waals surface area contributed by atoms with Crippen LogP contribution in [0, 0.1) is 0 Å². The van der Waals surface area contributed by atoms with Gasteiger partial charge in [-0.1, -0.05) is 15.9 Å². The Morgan fingerprint density at radius 2 is 2.00 bits per heavy atom. The molecule has 0 saturated heterocycles. The molecule has 0 unspecified atom stereocenters. The molecule has 0 aromatic heterocycles. The van der Waals surface area contributed by atoms with Gasteiger partial charge in [-0.25, -0.2) is 8.42 Å². The van der Waals surface area contributed by atoms with Gasteiger partial charge in [-0.2, -0.15) is 0 Å². The number of halogens is 2. The van der Waals surface area contributed by atoms with Gasteiger partial charge in [0.2, 0.25) is 0 Å². The van der Waals surface area contributed by atoms with Gasteiger partial charge in [-0.3, -0.25) is 4.79 Å². The number of benzene rings is 1. The van der Waals surface area contributed by atoms with E-state index in [2.05, 4.69) is 21.2 Å². The van der Waals surface area contributed by atoms with Gasteiger partial charge in [0.25, 0.3) is 15.0 Å². The van der Waals surface area contributed by atoms with Gasteiger partial charge < -0.3 is 5.32 Å². The molecule has 0 spiro atoms. The maximum atomic E-state index is 11.9. The number of carbonyl (C=O) groups is 1. The topological polar surface area (TPSA) is 63.2 Å². The van der Waals surface area contributed by atoms with E-state index < -0.39 is 9.05 Å². The molecule has 1 amide bonds. The summed E-state index contributed by atoms with van der Waals surface area (Å²) in [6.07, 6.45) is 3.06. The van der Waals surface area contributed by atoms with E-state index in [-0.39, 0.29) is 22.4 Å². The summed E-state index contributed by atoms with van der Waals surface area (Å²) in [6, 6.07) is 4.41. The third kappa shape index (κ3) is 3.24. The largest absolute Gasteiger partial charge is 0.349 e. The van der Waals surface area contributed by atoms with Gasteiger partial charge in [0.15, 0.2) is 0 Å². The van der Waals surface area contributed by atoms with Crippen molar-refractivity contribution >= 4 is 41.6 Å². The second kappa shape index (κ2) is 5.19. The van der Waals surface area contributed by atoms with Crippen molar-refractivity contribution in [2.24, 2.45) is 0 Å². The summed E-state index contributed by atoms with van der Waals surface area (Å²) in [7, 11) is 1.43. The van der Waals surface area contributed by atoms with Crippen LogP contribution in [0.1, 0.15) is 29.6 Å². The zero-order chi connectivity index (χ0) is 13.3. The second-order valence-corrected chi connectivity index (χ2v) is 7.70. The molecule has 1 aromatic carbocycles. The maximum Gasteiger partial charge on any atom is 0.261 e. The minimum absolute atomic E-state index is 0.0858. The Kier molecular flexibility index (Phi) is 3.99. The van der Waals surface area contributed by atoms with Crippen LogP contribution >= 0.6 is 26.6 Å². The third-order valence-corrected chi connectivity index (χ3v) is 4.65. The lowest BCUT2D eigenvalue weighted by atomic mass is 9.93. The van der Waals surface area contributed by atoms with Crippen LogP contribution in [0.15, 0.2) is 27.6 Å². The molecule has 1 aliphatic rings. The Morgan fingerprint density at radius 3 is 2.50 bits per heavy atom. The number of amides is 1. The predicted molar refractivity (Wildman–Crippen MR) is 72.3 cm³/mol. The van der Waals surface area contributed by atoms with E-state index in [4.69, 9.17) is 10.7 Å². The Labute approximate surface area is 118 Å². The van der Waals surface area contributed by atoms with Crippen molar-refractivity contribution < 1.29 is 13.2 Å². The monoisotopic (exact) mass is 351 g/mol. The number of hydrogen-bond donors (Lipinski definition) is 1. The first-order valence-corrected chi connectivity index (χ1v) is 8.52. The van der Waals surface area contributed by atoms with Gasteiger partial charge in [0.05, 0.1) is 4.90 Å². The fourth-order valence-corrected chi connectivity index (χ4v) is 3.10. The maximum absolute atomic E-state index is 11.9. The fraction of sp³-hybridized carbons (Fsp3) is 0.364. The second-order valence-electron chi connectivity index (χ2n) is 4.21. The lowest BCUT2D eigenvalue weighted by molar-refractivity contribution is 0.0916. The highest BCUT2D eigenvalue weighted by Crippen LogP contribution is 2.23. The van der Waals surface area contributed by atoms with Crippen LogP contribution in [-0.4, -0.2) is 20.4 Å². The predicted octanol–water partition coefficient (Wildman–Crippen LogP) is 2.66. The SMILES string of the molecule is O=C(NC1CCC1)c1cc(Br)cc(S(=O)(=O)Cl)c1. The molecule has 1 saturated carbocycles. The van der Waals surface area contributed by atoms with Gasteiger partial charge in [-0.05, 0) is 37.5 Å². The molecule has 7 heteroatoms. The van der Waals surface area contributed by atoms with Crippen molar-refractivity contribution in [3.8, 4) is 0 Å². The molecule has 1 fully saturated rings. The van der Waals surface area contributed by atoms with Crippen molar-refractivity contribution in [1.82, 2.24) is 5.32 Å². The van der Waals surface area contributed by atoms with Crippen molar-refractivity contribution in [3.63, 3.8) is 0 Å². The lowest BCUT2D eigenvalue weighted by Gasteiger charge is -2.26. The number of nitrogens with one attached hydrogen (secondary N) is 1. The van der Waals surface area contributed by atoms with Crippen LogP contribution in [0.4, 0.5) is 0 Å². The smallest absolute Gasteiger partial charge is 0.261 e. The highest BCUT2D eigenvalue weighted by Gasteiger charge is 2.21. The van der Waals surface area contributed by atoms with E-state index in [1.807, 2.05) is 0 Å². The number of hydrogen-bond acceptors (Lipinski definition) is 3. The molecule has 0 aliphatic heterocycles. The fourth-order valence-electron chi connectivity index (χ4n) is 1.66. The number of carbonyl (C=O) groups excluding carboxylic acids is 1. The molecule has 1 aliphatic carbocycles. The summed E-state index contributed by atoms with van der Waals surface area (Å²) in [5, 5.41) is 2.84. The van der Waals surface area contributed by atoms with Crippen molar-refractivity contribution in [2.45, 2.75) is 30.2 Å². The van der Waals surface area contributed by atoms with Crippen molar-refractivity contribution in [3.05, 3.63) is 28.2 Å². The summed E-state index contributed by atoms with van der Waals surface area (Å²) in [4.78, 5) is 11.8. The van der Waals surface area contributed by atoms with Crippen molar-refractivity contribution in [1.29, 1.82) is 0 Å². The quantitative estimate of drug-likeness (QED) is 0.851. The van der Waals surface area contributed by atoms with E-state index in [0.29, 0.717) is 4.47 Å². The first-order chi connectivity index (χ1) is 8.36. The standard InChI is InChI=1S/C11H11BrClNO3S/c12-8-4-7(5-10(6-8)18(13,16)17)11(15)14-9-2-1-3-9/h4-6,9H,1-3H2,(H,14,15).